The first-order chi connectivity index (χ1) is 11.0. The SMILES string of the molecule is O=C(c1cnc(Cl)cc1Cl)N1CCC(c2ccc(F)cc2)CC1. The van der Waals surface area contributed by atoms with Gasteiger partial charge in [0.25, 0.3) is 5.91 Å². The lowest BCUT2D eigenvalue weighted by Crippen LogP contribution is -2.38. The molecule has 0 saturated carbocycles. The largest absolute Gasteiger partial charge is 0.339 e. The second kappa shape index (κ2) is 6.85. The number of rotatable bonds is 2. The van der Waals surface area contributed by atoms with Crippen molar-refractivity contribution in [3.63, 3.8) is 0 Å². The van der Waals surface area contributed by atoms with Crippen LogP contribution in [0.1, 0.15) is 34.7 Å². The van der Waals surface area contributed by atoms with E-state index in [1.54, 1.807) is 4.90 Å². The molecule has 23 heavy (non-hydrogen) atoms. The van der Waals surface area contributed by atoms with Gasteiger partial charge >= 0.3 is 0 Å². The van der Waals surface area contributed by atoms with Crippen molar-refractivity contribution in [2.75, 3.05) is 13.1 Å². The molecular weight excluding hydrogens is 338 g/mol. The van der Waals surface area contributed by atoms with Crippen molar-refractivity contribution in [1.82, 2.24) is 9.88 Å². The van der Waals surface area contributed by atoms with Crippen LogP contribution in [-0.4, -0.2) is 28.9 Å². The fourth-order valence-corrected chi connectivity index (χ4v) is 3.33. The van der Waals surface area contributed by atoms with Gasteiger partial charge < -0.3 is 4.90 Å². The van der Waals surface area contributed by atoms with Gasteiger partial charge in [-0.15, -0.1) is 0 Å². The number of halogens is 3. The van der Waals surface area contributed by atoms with Gasteiger partial charge in [0.2, 0.25) is 0 Å². The third kappa shape index (κ3) is 3.65. The number of carbonyl (C=O) groups excluding carboxylic acids is 1. The molecule has 1 aromatic heterocycles. The molecule has 120 valence electrons. The third-order valence-electron chi connectivity index (χ3n) is 4.17. The lowest BCUT2D eigenvalue weighted by molar-refractivity contribution is 0.0713. The molecule has 0 radical (unpaired) electrons. The Kier molecular flexibility index (Phi) is 4.83. The van der Waals surface area contributed by atoms with E-state index in [9.17, 15) is 9.18 Å². The third-order valence-corrected chi connectivity index (χ3v) is 4.69. The summed E-state index contributed by atoms with van der Waals surface area (Å²) in [7, 11) is 0. The van der Waals surface area contributed by atoms with Crippen molar-refractivity contribution < 1.29 is 9.18 Å². The molecule has 0 bridgehead atoms. The minimum Gasteiger partial charge on any atom is -0.339 e. The van der Waals surface area contributed by atoms with Crippen molar-refractivity contribution in [1.29, 1.82) is 0 Å². The Morgan fingerprint density at radius 2 is 1.83 bits per heavy atom. The maximum Gasteiger partial charge on any atom is 0.256 e. The molecule has 2 heterocycles. The molecule has 3 nitrogen and oxygen atoms in total. The number of hydrogen-bond acceptors (Lipinski definition) is 2. The van der Waals surface area contributed by atoms with E-state index in [0.717, 1.165) is 18.4 Å². The minimum atomic E-state index is -0.230. The first-order valence-electron chi connectivity index (χ1n) is 7.40. The number of hydrogen-bond donors (Lipinski definition) is 0. The Hall–Kier alpha value is -1.65. The molecule has 1 aliphatic heterocycles. The number of benzene rings is 1. The highest BCUT2D eigenvalue weighted by Gasteiger charge is 2.26. The quantitative estimate of drug-likeness (QED) is 0.743. The van der Waals surface area contributed by atoms with Crippen LogP contribution in [0.4, 0.5) is 4.39 Å². The van der Waals surface area contributed by atoms with Gasteiger partial charge in [0, 0.05) is 19.3 Å². The van der Waals surface area contributed by atoms with Gasteiger partial charge in [-0.2, -0.15) is 0 Å². The van der Waals surface area contributed by atoms with E-state index in [1.165, 1.54) is 24.4 Å². The summed E-state index contributed by atoms with van der Waals surface area (Å²) >= 11 is 11.8. The number of piperidine rings is 1. The van der Waals surface area contributed by atoms with Crippen LogP contribution in [0.2, 0.25) is 10.2 Å². The molecule has 2 aromatic rings. The summed E-state index contributed by atoms with van der Waals surface area (Å²) in [5, 5.41) is 0.581. The molecule has 1 aliphatic rings. The van der Waals surface area contributed by atoms with Gasteiger partial charge in [-0.25, -0.2) is 9.37 Å². The van der Waals surface area contributed by atoms with Gasteiger partial charge in [-0.1, -0.05) is 35.3 Å². The van der Waals surface area contributed by atoms with Crippen LogP contribution < -0.4 is 0 Å². The van der Waals surface area contributed by atoms with Gasteiger partial charge in [-0.05, 0) is 42.5 Å². The number of aromatic nitrogens is 1. The molecule has 6 heteroatoms. The molecule has 3 rings (SSSR count). The maximum atomic E-state index is 13.0. The summed E-state index contributed by atoms with van der Waals surface area (Å²) < 4.78 is 13.0. The Morgan fingerprint density at radius 3 is 2.43 bits per heavy atom. The topological polar surface area (TPSA) is 33.2 Å². The number of nitrogens with zero attached hydrogens (tertiary/aromatic N) is 2. The fourth-order valence-electron chi connectivity index (χ4n) is 2.89. The highest BCUT2D eigenvalue weighted by atomic mass is 35.5. The fraction of sp³-hybridized carbons (Fsp3) is 0.294. The predicted molar refractivity (Wildman–Crippen MR) is 88.5 cm³/mol. The Bertz CT molecular complexity index is 713. The number of pyridine rings is 1. The van der Waals surface area contributed by atoms with Gasteiger partial charge in [-0.3, -0.25) is 4.79 Å². The van der Waals surface area contributed by atoms with Gasteiger partial charge in [0.1, 0.15) is 11.0 Å². The smallest absolute Gasteiger partial charge is 0.256 e. The molecule has 1 fully saturated rings. The monoisotopic (exact) mass is 352 g/mol. The molecular formula is C17H15Cl2FN2O. The van der Waals surface area contributed by atoms with Gasteiger partial charge in [0.05, 0.1) is 10.6 Å². The van der Waals surface area contributed by atoms with E-state index in [-0.39, 0.29) is 16.9 Å². The summed E-state index contributed by atoms with van der Waals surface area (Å²) in [5.74, 6) is -0.0126. The van der Waals surface area contributed by atoms with E-state index in [4.69, 9.17) is 23.2 Å². The van der Waals surface area contributed by atoms with Crippen molar-refractivity contribution in [2.45, 2.75) is 18.8 Å². The zero-order valence-corrected chi connectivity index (χ0v) is 13.8. The van der Waals surface area contributed by atoms with Crippen LogP contribution in [0.3, 0.4) is 0 Å². The highest BCUT2D eigenvalue weighted by Crippen LogP contribution is 2.29. The summed E-state index contributed by atoms with van der Waals surface area (Å²) in [6, 6.07) is 8.06. The average Bonchev–Trinajstić information content (AvgIpc) is 2.55. The van der Waals surface area contributed by atoms with E-state index in [2.05, 4.69) is 4.98 Å². The summed E-state index contributed by atoms with van der Waals surface area (Å²) in [5.41, 5.74) is 1.49. The molecule has 1 amide bonds. The summed E-state index contributed by atoms with van der Waals surface area (Å²) in [4.78, 5) is 18.2. The standard InChI is InChI=1S/C17H15Cl2FN2O/c18-15-9-16(19)21-10-14(15)17(23)22-7-5-12(6-8-22)11-1-3-13(20)4-2-11/h1-4,9-10,12H,5-8H2. The van der Waals surface area contributed by atoms with E-state index >= 15 is 0 Å². The van der Waals surface area contributed by atoms with Gasteiger partial charge in [0.15, 0.2) is 0 Å². The normalized spacial score (nSPS) is 15.7. The van der Waals surface area contributed by atoms with E-state index in [0.29, 0.717) is 29.6 Å². The molecule has 1 aromatic carbocycles. The predicted octanol–water partition coefficient (Wildman–Crippen LogP) is 4.55. The summed E-state index contributed by atoms with van der Waals surface area (Å²) in [6.07, 6.45) is 3.10. The lowest BCUT2D eigenvalue weighted by atomic mass is 9.89. The van der Waals surface area contributed by atoms with E-state index < -0.39 is 0 Å². The number of likely N-dealkylation sites (tertiary alicyclic amines) is 1. The lowest BCUT2D eigenvalue weighted by Gasteiger charge is -2.32. The molecule has 0 aliphatic carbocycles. The molecule has 1 saturated heterocycles. The maximum absolute atomic E-state index is 13.0. The van der Waals surface area contributed by atoms with Crippen molar-refractivity contribution in [3.8, 4) is 0 Å². The second-order valence-corrected chi connectivity index (χ2v) is 6.40. The van der Waals surface area contributed by atoms with E-state index in [1.807, 2.05) is 12.1 Å². The molecule has 0 unspecified atom stereocenters. The Morgan fingerprint density at radius 1 is 1.17 bits per heavy atom. The van der Waals surface area contributed by atoms with Crippen LogP contribution in [0.5, 0.6) is 0 Å². The van der Waals surface area contributed by atoms with Crippen LogP contribution in [0, 0.1) is 5.82 Å². The second-order valence-electron chi connectivity index (χ2n) is 5.60. The average molecular weight is 353 g/mol. The molecule has 0 spiro atoms. The van der Waals surface area contributed by atoms with Crippen LogP contribution in [0.15, 0.2) is 36.5 Å². The number of carbonyl (C=O) groups is 1. The zero-order valence-electron chi connectivity index (χ0n) is 12.3. The number of amides is 1. The minimum absolute atomic E-state index is 0.128. The van der Waals surface area contributed by atoms with Crippen LogP contribution in [0.25, 0.3) is 0 Å². The highest BCUT2D eigenvalue weighted by molar-refractivity contribution is 6.36. The molecule has 0 N–H and O–H groups in total. The summed E-state index contributed by atoms with van der Waals surface area (Å²) in [6.45, 7) is 1.28. The molecule has 0 atom stereocenters. The first-order valence-corrected chi connectivity index (χ1v) is 8.16. The Labute approximate surface area is 144 Å². The van der Waals surface area contributed by atoms with Crippen molar-refractivity contribution >= 4 is 29.1 Å². The van der Waals surface area contributed by atoms with Crippen molar-refractivity contribution in [3.05, 3.63) is 63.6 Å². The van der Waals surface area contributed by atoms with Crippen LogP contribution >= 0.6 is 23.2 Å². The van der Waals surface area contributed by atoms with Crippen LogP contribution in [-0.2, 0) is 0 Å². The zero-order chi connectivity index (χ0) is 16.4. The first kappa shape index (κ1) is 16.2. The van der Waals surface area contributed by atoms with Crippen molar-refractivity contribution in [2.24, 2.45) is 0 Å². The Balaban J connectivity index is 1.66.